The monoisotopic (exact) mass is 398 g/mol. The van der Waals surface area contributed by atoms with E-state index in [2.05, 4.69) is 10.4 Å². The van der Waals surface area contributed by atoms with E-state index in [0.29, 0.717) is 31.9 Å². The smallest absolute Gasteiger partial charge is 0.274 e. The number of amides is 2. The highest BCUT2D eigenvalue weighted by Gasteiger charge is 2.39. The second-order valence-corrected chi connectivity index (χ2v) is 7.83. The molecule has 1 N–H and O–H groups in total. The van der Waals surface area contributed by atoms with Crippen LogP contribution in [0, 0.1) is 5.41 Å². The molecule has 0 spiro atoms. The Hall–Kier alpha value is -2.67. The zero-order chi connectivity index (χ0) is 20.9. The van der Waals surface area contributed by atoms with Gasteiger partial charge in [-0.15, -0.1) is 0 Å². The Bertz CT molecular complexity index is 863. The lowest BCUT2D eigenvalue weighted by Crippen LogP contribution is -2.51. The molecule has 0 saturated carbocycles. The Kier molecular flexibility index (Phi) is 6.69. The predicted molar refractivity (Wildman–Crippen MR) is 110 cm³/mol. The number of nitrogens with one attached hydrogen (secondary N) is 1. The minimum Gasteiger partial charge on any atom is -0.380 e. The maximum Gasteiger partial charge on any atom is 0.274 e. The van der Waals surface area contributed by atoms with Gasteiger partial charge in [0.15, 0.2) is 0 Å². The summed E-state index contributed by atoms with van der Waals surface area (Å²) in [6.07, 6.45) is 3.36. The number of hydrogen-bond donors (Lipinski definition) is 1. The number of carbonyl (C=O) groups excluding carboxylic acids is 2. The number of carbonyl (C=O) groups is 2. The molecule has 2 heterocycles. The average molecular weight is 399 g/mol. The topological polar surface area (TPSA) is 76.5 Å². The van der Waals surface area contributed by atoms with Crippen LogP contribution in [0.1, 0.15) is 48.3 Å². The van der Waals surface area contributed by atoms with Gasteiger partial charge in [-0.2, -0.15) is 5.10 Å². The molecule has 7 heteroatoms. The average Bonchev–Trinajstić information content (AvgIpc) is 3.22. The summed E-state index contributed by atoms with van der Waals surface area (Å²) in [5, 5.41) is 7.38. The zero-order valence-electron chi connectivity index (χ0n) is 17.5. The van der Waals surface area contributed by atoms with Crippen molar-refractivity contribution in [2.75, 3.05) is 20.2 Å². The molecular weight excluding hydrogens is 368 g/mol. The van der Waals surface area contributed by atoms with Crippen molar-refractivity contribution >= 4 is 11.8 Å². The van der Waals surface area contributed by atoms with Crippen LogP contribution in [-0.4, -0.2) is 46.7 Å². The number of likely N-dealkylation sites (tertiary alicyclic amines) is 1. The molecule has 0 aliphatic carbocycles. The second kappa shape index (κ2) is 9.22. The Morgan fingerprint density at radius 2 is 2.00 bits per heavy atom. The Labute approximate surface area is 172 Å². The van der Waals surface area contributed by atoms with E-state index in [1.807, 2.05) is 38.1 Å². The van der Waals surface area contributed by atoms with Crippen LogP contribution in [0.3, 0.4) is 0 Å². The third kappa shape index (κ3) is 4.85. The van der Waals surface area contributed by atoms with E-state index in [9.17, 15) is 9.59 Å². The van der Waals surface area contributed by atoms with Crippen molar-refractivity contribution in [3.05, 3.63) is 53.3 Å². The fraction of sp³-hybridized carbons (Fsp3) is 0.500. The fourth-order valence-electron chi connectivity index (χ4n) is 3.83. The van der Waals surface area contributed by atoms with Crippen LogP contribution < -0.4 is 5.32 Å². The van der Waals surface area contributed by atoms with Crippen molar-refractivity contribution in [1.29, 1.82) is 0 Å². The summed E-state index contributed by atoms with van der Waals surface area (Å²) in [6.45, 7) is 6.65. The van der Waals surface area contributed by atoms with Gasteiger partial charge < -0.3 is 15.0 Å². The predicted octanol–water partition coefficient (Wildman–Crippen LogP) is 2.61. The van der Waals surface area contributed by atoms with Crippen LogP contribution in [0.15, 0.2) is 36.5 Å². The van der Waals surface area contributed by atoms with Gasteiger partial charge in [-0.1, -0.05) is 24.3 Å². The molecule has 3 rings (SSSR count). The highest BCUT2D eigenvalue weighted by molar-refractivity contribution is 5.93. The molecule has 1 aliphatic heterocycles. The molecule has 1 aromatic carbocycles. The quantitative estimate of drug-likeness (QED) is 0.778. The molecule has 1 atom stereocenters. The molecule has 0 unspecified atom stereocenters. The van der Waals surface area contributed by atoms with Gasteiger partial charge >= 0.3 is 0 Å². The molecule has 1 aromatic heterocycles. The molecule has 0 radical (unpaired) electrons. The molecule has 1 fully saturated rings. The summed E-state index contributed by atoms with van der Waals surface area (Å²) in [5.74, 6) is -0.136. The highest BCUT2D eigenvalue weighted by Crippen LogP contribution is 2.30. The minimum absolute atomic E-state index is 0.0266. The highest BCUT2D eigenvalue weighted by atomic mass is 16.5. The molecule has 0 bridgehead atoms. The third-order valence-corrected chi connectivity index (χ3v) is 5.57. The Morgan fingerprint density at radius 3 is 2.69 bits per heavy atom. The van der Waals surface area contributed by atoms with Gasteiger partial charge in [-0.25, -0.2) is 0 Å². The zero-order valence-corrected chi connectivity index (χ0v) is 17.5. The van der Waals surface area contributed by atoms with E-state index in [1.165, 1.54) is 0 Å². The van der Waals surface area contributed by atoms with Gasteiger partial charge in [0.05, 0.1) is 12.0 Å². The number of ether oxygens (including phenoxy) is 1. The van der Waals surface area contributed by atoms with Gasteiger partial charge in [-0.05, 0) is 43.9 Å². The number of aromatic nitrogens is 2. The molecule has 2 amide bonds. The summed E-state index contributed by atoms with van der Waals surface area (Å²) >= 11 is 0. The number of piperidine rings is 1. The van der Waals surface area contributed by atoms with Crippen molar-refractivity contribution < 1.29 is 14.3 Å². The van der Waals surface area contributed by atoms with Gasteiger partial charge in [0.1, 0.15) is 5.69 Å². The first-order valence-corrected chi connectivity index (χ1v) is 10.1. The summed E-state index contributed by atoms with van der Waals surface area (Å²) in [6, 6.07) is 9.66. The Morgan fingerprint density at radius 1 is 1.24 bits per heavy atom. The van der Waals surface area contributed by atoms with Gasteiger partial charge in [0.25, 0.3) is 5.91 Å². The summed E-state index contributed by atoms with van der Waals surface area (Å²) < 4.78 is 6.98. The van der Waals surface area contributed by atoms with Crippen molar-refractivity contribution in [3.8, 4) is 0 Å². The number of aryl methyl sites for hydroxylation is 1. The van der Waals surface area contributed by atoms with E-state index in [0.717, 1.165) is 30.5 Å². The van der Waals surface area contributed by atoms with E-state index < -0.39 is 5.41 Å². The first-order valence-electron chi connectivity index (χ1n) is 10.1. The largest absolute Gasteiger partial charge is 0.380 e. The van der Waals surface area contributed by atoms with Crippen LogP contribution in [0.4, 0.5) is 0 Å². The van der Waals surface area contributed by atoms with Crippen LogP contribution in [0.25, 0.3) is 0 Å². The van der Waals surface area contributed by atoms with E-state index >= 15 is 0 Å². The molecule has 1 saturated heterocycles. The number of hydrogen-bond acceptors (Lipinski definition) is 4. The normalized spacial score (nSPS) is 19.2. The molecular formula is C22H30N4O3. The molecule has 156 valence electrons. The van der Waals surface area contributed by atoms with Crippen molar-refractivity contribution in [2.24, 2.45) is 5.41 Å². The molecule has 1 aliphatic rings. The van der Waals surface area contributed by atoms with E-state index in [4.69, 9.17) is 4.74 Å². The number of nitrogens with zero attached hydrogens (tertiary/aromatic N) is 3. The van der Waals surface area contributed by atoms with Gasteiger partial charge in [0.2, 0.25) is 5.91 Å². The lowest BCUT2D eigenvalue weighted by atomic mass is 9.80. The summed E-state index contributed by atoms with van der Waals surface area (Å²) in [4.78, 5) is 27.6. The van der Waals surface area contributed by atoms with E-state index in [-0.39, 0.29) is 11.8 Å². The van der Waals surface area contributed by atoms with Gasteiger partial charge in [0, 0.05) is 39.5 Å². The summed E-state index contributed by atoms with van der Waals surface area (Å²) in [5.41, 5.74) is 1.93. The number of rotatable bonds is 7. The molecule has 29 heavy (non-hydrogen) atoms. The second-order valence-electron chi connectivity index (χ2n) is 7.83. The van der Waals surface area contributed by atoms with Crippen LogP contribution in [0.5, 0.6) is 0 Å². The number of benzene rings is 1. The van der Waals surface area contributed by atoms with Crippen LogP contribution >= 0.6 is 0 Å². The maximum absolute atomic E-state index is 13.0. The van der Waals surface area contributed by atoms with Crippen molar-refractivity contribution in [2.45, 2.75) is 46.4 Å². The fourth-order valence-corrected chi connectivity index (χ4v) is 3.83. The van der Waals surface area contributed by atoms with Crippen molar-refractivity contribution in [1.82, 2.24) is 20.0 Å². The minimum atomic E-state index is -0.614. The summed E-state index contributed by atoms with van der Waals surface area (Å²) in [7, 11) is 1.66. The third-order valence-electron chi connectivity index (χ3n) is 5.57. The molecule has 2 aromatic rings. The Balaban J connectivity index is 1.64. The van der Waals surface area contributed by atoms with Crippen LogP contribution in [-0.2, 0) is 29.2 Å². The number of methoxy groups -OCH3 is 1. The van der Waals surface area contributed by atoms with Gasteiger partial charge in [-0.3, -0.25) is 14.3 Å². The molecule has 7 nitrogen and oxygen atoms in total. The lowest BCUT2D eigenvalue weighted by Gasteiger charge is -2.39. The van der Waals surface area contributed by atoms with Crippen LogP contribution in [0.2, 0.25) is 0 Å². The maximum atomic E-state index is 13.0. The standard InChI is InChI=1S/C22H30N4O3/c1-4-26-13-10-19(24-26)20(27)25-12-7-11-22(2,16-25)21(28)23-14-17-8-5-6-9-18(17)15-29-3/h5-6,8-10,13H,4,7,11-12,14-16H2,1-3H3,(H,23,28)/t22-/m0/s1. The first-order chi connectivity index (χ1) is 14.0. The SMILES string of the molecule is CCn1ccc(C(=O)N2CCC[C@](C)(C(=O)NCc3ccccc3COC)C2)n1. The van der Waals surface area contributed by atoms with Crippen molar-refractivity contribution in [3.63, 3.8) is 0 Å². The first kappa shape index (κ1) is 21.0. The van der Waals surface area contributed by atoms with E-state index in [1.54, 1.807) is 29.0 Å². The lowest BCUT2D eigenvalue weighted by molar-refractivity contribution is -0.132.